The van der Waals surface area contributed by atoms with Crippen LogP contribution in [0.1, 0.15) is 30.1 Å². The van der Waals surface area contributed by atoms with Crippen LogP contribution in [0.4, 0.5) is 5.69 Å². The third-order valence-electron chi connectivity index (χ3n) is 5.01. The number of aliphatic carboxylic acids is 2. The number of carboxylic acid groups (broad SMARTS) is 3. The number of ether oxygens (including phenoxy) is 3. The zero-order chi connectivity index (χ0) is 25.8. The molecule has 1 saturated heterocycles. The van der Waals surface area contributed by atoms with Crippen molar-refractivity contribution < 1.29 is 49.0 Å². The number of piperidine rings is 1. The molecule has 3 rings (SSSR count). The van der Waals surface area contributed by atoms with Gasteiger partial charge in [-0.15, -0.1) is 0 Å². The number of anilines is 1. The highest BCUT2D eigenvalue weighted by atomic mass is 35.5. The van der Waals surface area contributed by atoms with E-state index in [0.717, 1.165) is 39.1 Å². The van der Waals surface area contributed by atoms with E-state index in [-0.39, 0.29) is 40.5 Å². The molecule has 34 heavy (non-hydrogen) atoms. The van der Waals surface area contributed by atoms with Gasteiger partial charge in [-0.05, 0) is 31.4 Å². The van der Waals surface area contributed by atoms with Crippen LogP contribution in [0.2, 0.25) is 5.02 Å². The molecule has 1 fully saturated rings. The molecular formula is C21H28ClN2O10-3. The highest BCUT2D eigenvalue weighted by Gasteiger charge is 2.23. The number of halogens is 1. The maximum Gasteiger partial charge on any atom is 0.186 e. The number of aliphatic hydroxyl groups is 1. The molecule has 0 spiro atoms. The van der Waals surface area contributed by atoms with Gasteiger partial charge in [-0.2, -0.15) is 0 Å². The molecule has 0 radical (unpaired) electrons. The van der Waals surface area contributed by atoms with Gasteiger partial charge in [-0.1, -0.05) is 18.5 Å². The molecule has 2 unspecified atom stereocenters. The molecule has 13 heteroatoms. The van der Waals surface area contributed by atoms with Gasteiger partial charge in [0.05, 0.1) is 34.7 Å². The number of rotatable bonds is 5. The number of nitrogen functional groups attached to an aromatic ring is 1. The number of β-amino-alcohol motifs (C(OH)–C–C–N with tert-alkyl or cyclic N) is 1. The predicted molar refractivity (Wildman–Crippen MR) is 114 cm³/mol. The number of hydrogen-bond donors (Lipinski definition) is 2. The fraction of sp³-hybridized carbons (Fsp3) is 0.571. The lowest BCUT2D eigenvalue weighted by Crippen LogP contribution is -2.43. The van der Waals surface area contributed by atoms with Crippen molar-refractivity contribution in [3.05, 3.63) is 16.7 Å². The summed E-state index contributed by atoms with van der Waals surface area (Å²) < 4.78 is 15.4. The third-order valence-corrected chi connectivity index (χ3v) is 5.32. The molecule has 1 aromatic rings. The summed E-state index contributed by atoms with van der Waals surface area (Å²) in [6.07, 6.45) is 2.06. The summed E-state index contributed by atoms with van der Waals surface area (Å²) in [5.74, 6) is -5.02. The fourth-order valence-electron chi connectivity index (χ4n) is 3.10. The van der Waals surface area contributed by atoms with E-state index in [1.165, 1.54) is 6.07 Å². The van der Waals surface area contributed by atoms with Crippen molar-refractivity contribution in [2.24, 2.45) is 5.92 Å². The molecule has 0 aliphatic carbocycles. The predicted octanol–water partition coefficient (Wildman–Crippen LogP) is -2.73. The maximum absolute atomic E-state index is 10.8. The summed E-state index contributed by atoms with van der Waals surface area (Å²) in [5, 5.41) is 38.4. The number of carbonyl (C=O) groups excluding carboxylic acids is 3. The third kappa shape index (κ3) is 9.21. The molecule has 2 aliphatic heterocycles. The van der Waals surface area contributed by atoms with Crippen LogP contribution in [0.5, 0.6) is 11.5 Å². The second-order valence-corrected chi connectivity index (χ2v) is 7.92. The number of benzene rings is 1. The minimum atomic E-state index is -2.19. The van der Waals surface area contributed by atoms with E-state index in [4.69, 9.17) is 51.3 Å². The lowest BCUT2D eigenvalue weighted by Gasteiger charge is -2.34. The van der Waals surface area contributed by atoms with Gasteiger partial charge < -0.3 is 59.7 Å². The van der Waals surface area contributed by atoms with Crippen LogP contribution < -0.4 is 30.5 Å². The Hall–Kier alpha value is -2.80. The molecule has 0 aromatic heterocycles. The van der Waals surface area contributed by atoms with Crippen LogP contribution in [0.25, 0.3) is 0 Å². The van der Waals surface area contributed by atoms with E-state index < -0.39 is 17.9 Å². The van der Waals surface area contributed by atoms with Crippen molar-refractivity contribution in [1.29, 1.82) is 0 Å². The van der Waals surface area contributed by atoms with Crippen LogP contribution in [0.15, 0.2) is 6.07 Å². The topological polar surface area (TPSA) is 198 Å². The number of methoxy groups -OCH3 is 1. The Bertz CT molecular complexity index is 839. The standard InChI is InChI=1S/C10H21NO2.C9H8ClNO4.C2H2O4/c1-9-4-6-11(8-10(9)12)5-3-7-13-2;10-5-3-4(9(12)13)7-8(6(5)11)15-2-1-14-7;3-1(4)2(5)6/h9-10,12H,3-8H2,1-2H3;3H,1-2,11H2,(H,12,13);(H,3,4)(H,5,6)/p-3. The summed E-state index contributed by atoms with van der Waals surface area (Å²) >= 11 is 5.74. The highest BCUT2D eigenvalue weighted by molar-refractivity contribution is 6.34. The Morgan fingerprint density at radius 1 is 1.21 bits per heavy atom. The van der Waals surface area contributed by atoms with Crippen molar-refractivity contribution in [2.45, 2.75) is 25.9 Å². The lowest BCUT2D eigenvalue weighted by atomic mass is 9.96. The van der Waals surface area contributed by atoms with E-state index >= 15 is 0 Å². The number of carbonyl (C=O) groups is 3. The second-order valence-electron chi connectivity index (χ2n) is 7.52. The van der Waals surface area contributed by atoms with Crippen LogP contribution in [0, 0.1) is 5.92 Å². The van der Waals surface area contributed by atoms with Crippen molar-refractivity contribution in [3.63, 3.8) is 0 Å². The molecule has 12 nitrogen and oxygen atoms in total. The molecule has 3 N–H and O–H groups in total. The van der Waals surface area contributed by atoms with Crippen LogP contribution in [0.3, 0.4) is 0 Å². The summed E-state index contributed by atoms with van der Waals surface area (Å²) in [6.45, 7) is 6.54. The molecule has 2 aliphatic rings. The first-order valence-electron chi connectivity index (χ1n) is 10.4. The minimum Gasteiger partial charge on any atom is -0.545 e. The van der Waals surface area contributed by atoms with Gasteiger partial charge in [0.15, 0.2) is 11.5 Å². The monoisotopic (exact) mass is 503 g/mol. The number of hydrogen-bond acceptors (Lipinski definition) is 12. The van der Waals surface area contributed by atoms with Crippen molar-refractivity contribution in [2.75, 3.05) is 52.3 Å². The number of fused-ring (bicyclic) bond motifs is 1. The molecule has 0 bridgehead atoms. The van der Waals surface area contributed by atoms with Gasteiger partial charge in [0.1, 0.15) is 13.2 Å². The van der Waals surface area contributed by atoms with Crippen molar-refractivity contribution in [1.82, 2.24) is 4.90 Å². The first-order valence-corrected chi connectivity index (χ1v) is 10.8. The average molecular weight is 504 g/mol. The van der Waals surface area contributed by atoms with E-state index in [1.807, 2.05) is 0 Å². The largest absolute Gasteiger partial charge is 0.545 e. The zero-order valence-electron chi connectivity index (χ0n) is 18.9. The molecular weight excluding hydrogens is 476 g/mol. The van der Waals surface area contributed by atoms with Gasteiger partial charge in [0, 0.05) is 32.4 Å². The number of aliphatic hydroxyl groups excluding tert-OH is 1. The normalized spacial score (nSPS) is 19.1. The molecule has 1 aromatic carbocycles. The minimum absolute atomic E-state index is 0.0863. The number of nitrogens with two attached hydrogens (primary N) is 1. The van der Waals surface area contributed by atoms with E-state index in [0.29, 0.717) is 12.5 Å². The van der Waals surface area contributed by atoms with Gasteiger partial charge in [0.25, 0.3) is 0 Å². The molecule has 192 valence electrons. The van der Waals surface area contributed by atoms with Crippen LogP contribution >= 0.6 is 11.6 Å². The first kappa shape index (κ1) is 29.2. The van der Waals surface area contributed by atoms with Crippen molar-refractivity contribution in [3.8, 4) is 11.5 Å². The molecule has 0 amide bonds. The van der Waals surface area contributed by atoms with Gasteiger partial charge in [-0.25, -0.2) is 0 Å². The number of likely N-dealkylation sites (tertiary alicyclic amines) is 1. The SMILES string of the molecule is COCCCN1CCC(C)C(O)C1.Nc1c(Cl)cc(C(=O)[O-])c2c1OCCO2.O=C([O-])C(=O)[O-]. The second kappa shape index (κ2) is 14.5. The Kier molecular flexibility index (Phi) is 12.4. The van der Waals surface area contributed by atoms with Gasteiger partial charge >= 0.3 is 0 Å². The number of carboxylic acids is 3. The van der Waals surface area contributed by atoms with Crippen LogP contribution in [-0.4, -0.2) is 80.6 Å². The summed E-state index contributed by atoms with van der Waals surface area (Å²) in [7, 11) is 1.73. The Labute approximate surface area is 201 Å². The van der Waals surface area contributed by atoms with Gasteiger partial charge in [0.2, 0.25) is 0 Å². The molecule has 2 heterocycles. The summed E-state index contributed by atoms with van der Waals surface area (Å²) in [6, 6.07) is 1.19. The highest BCUT2D eigenvalue weighted by Crippen LogP contribution is 2.42. The van der Waals surface area contributed by atoms with Crippen LogP contribution in [-0.2, 0) is 14.3 Å². The Morgan fingerprint density at radius 2 is 1.79 bits per heavy atom. The Morgan fingerprint density at radius 3 is 2.29 bits per heavy atom. The lowest BCUT2D eigenvalue weighted by molar-refractivity contribution is -0.345. The van der Waals surface area contributed by atoms with Crippen molar-refractivity contribution >= 4 is 35.2 Å². The average Bonchev–Trinajstić information content (AvgIpc) is 2.79. The van der Waals surface area contributed by atoms with E-state index in [1.54, 1.807) is 7.11 Å². The quantitative estimate of drug-likeness (QED) is 0.239. The van der Waals surface area contributed by atoms with Gasteiger partial charge in [-0.3, -0.25) is 0 Å². The molecule has 2 atom stereocenters. The van der Waals surface area contributed by atoms with E-state index in [2.05, 4.69) is 11.8 Å². The smallest absolute Gasteiger partial charge is 0.186 e. The Balaban J connectivity index is 0.000000279. The molecule has 0 saturated carbocycles. The maximum atomic E-state index is 10.8. The summed E-state index contributed by atoms with van der Waals surface area (Å²) in [5.41, 5.74) is 5.65. The van der Waals surface area contributed by atoms with E-state index in [9.17, 15) is 15.0 Å². The zero-order valence-corrected chi connectivity index (χ0v) is 19.7. The number of aromatic carboxylic acids is 1. The number of nitrogens with zero attached hydrogens (tertiary/aromatic N) is 1. The fourth-order valence-corrected chi connectivity index (χ4v) is 3.29. The first-order chi connectivity index (χ1) is 16.0. The summed E-state index contributed by atoms with van der Waals surface area (Å²) in [4.78, 5) is 31.0.